The molecular weight excluding hydrogens is 196 g/mol. The van der Waals surface area contributed by atoms with Crippen LogP contribution in [0.4, 0.5) is 0 Å². The zero-order chi connectivity index (χ0) is 11.3. The van der Waals surface area contributed by atoms with Crippen LogP contribution in [0.2, 0.25) is 0 Å². The van der Waals surface area contributed by atoms with E-state index in [0.29, 0.717) is 0 Å². The molecule has 0 aliphatic heterocycles. The number of fused-ring (bicyclic) bond motifs is 2. The second-order valence-electron chi connectivity index (χ2n) is 4.94. The first-order valence-corrected chi connectivity index (χ1v) is 5.89. The highest BCUT2D eigenvalue weighted by Gasteiger charge is 2.26. The number of hydrogen-bond acceptors (Lipinski definition) is 1. The van der Waals surface area contributed by atoms with Crippen LogP contribution in [0.3, 0.4) is 0 Å². The van der Waals surface area contributed by atoms with Gasteiger partial charge >= 0.3 is 0 Å². The molecular formula is C15H16O. The van der Waals surface area contributed by atoms with Crippen molar-refractivity contribution in [2.75, 3.05) is 0 Å². The second-order valence-corrected chi connectivity index (χ2v) is 4.94. The second kappa shape index (κ2) is 3.33. The number of aliphatic hydroxyl groups excluding tert-OH is 1. The third-order valence-electron chi connectivity index (χ3n) is 3.58. The normalized spacial score (nSPS) is 21.3. The first-order valence-electron chi connectivity index (χ1n) is 5.89. The van der Waals surface area contributed by atoms with Crippen LogP contribution in [0, 0.1) is 5.92 Å². The molecule has 0 spiro atoms. The van der Waals surface area contributed by atoms with Gasteiger partial charge in [-0.05, 0) is 46.6 Å². The summed E-state index contributed by atoms with van der Waals surface area (Å²) in [5.74, 6) is 0.203. The van der Waals surface area contributed by atoms with Gasteiger partial charge in [-0.1, -0.05) is 31.2 Å². The Balaban J connectivity index is 2.04. The highest BCUT2D eigenvalue weighted by atomic mass is 16.3. The Morgan fingerprint density at radius 2 is 2.12 bits per heavy atom. The average Bonchev–Trinajstić information content (AvgIpc) is 2.90. The lowest BCUT2D eigenvalue weighted by molar-refractivity contribution is 0.163. The molecule has 0 aromatic heterocycles. The molecule has 1 saturated carbocycles. The molecule has 0 saturated heterocycles. The van der Waals surface area contributed by atoms with Gasteiger partial charge in [0.1, 0.15) is 0 Å². The summed E-state index contributed by atoms with van der Waals surface area (Å²) in [4.78, 5) is 0. The number of benzene rings is 1. The molecule has 2 aliphatic carbocycles. The summed E-state index contributed by atoms with van der Waals surface area (Å²) in [6.07, 6.45) is 5.34. The minimum Gasteiger partial charge on any atom is -0.393 e. The van der Waals surface area contributed by atoms with Crippen LogP contribution in [0.15, 0.2) is 23.8 Å². The zero-order valence-corrected chi connectivity index (χ0v) is 9.70. The van der Waals surface area contributed by atoms with Gasteiger partial charge in [-0.25, -0.2) is 0 Å². The van der Waals surface area contributed by atoms with Crippen LogP contribution in [0.25, 0.3) is 17.7 Å². The minimum atomic E-state index is -0.283. The minimum absolute atomic E-state index is 0.203. The Hall–Kier alpha value is -1.34. The van der Waals surface area contributed by atoms with Crippen LogP contribution in [0.1, 0.15) is 25.8 Å². The zero-order valence-electron chi connectivity index (χ0n) is 9.70. The van der Waals surface area contributed by atoms with Gasteiger partial charge in [0, 0.05) is 5.92 Å². The largest absolute Gasteiger partial charge is 0.393 e. The SMILES string of the molecule is CC(O)C(C)/C=c1\ccc2c(c1)C=C1CC=21. The summed E-state index contributed by atoms with van der Waals surface area (Å²) in [5, 5.41) is 12.1. The summed E-state index contributed by atoms with van der Waals surface area (Å²) in [6.45, 7) is 3.88. The van der Waals surface area contributed by atoms with Crippen molar-refractivity contribution in [2.45, 2.75) is 26.4 Å². The van der Waals surface area contributed by atoms with E-state index in [1.54, 1.807) is 0 Å². The Bertz CT molecular complexity index is 590. The summed E-state index contributed by atoms with van der Waals surface area (Å²) < 4.78 is 0. The van der Waals surface area contributed by atoms with Crippen LogP contribution in [-0.2, 0) is 0 Å². The van der Waals surface area contributed by atoms with Crippen LogP contribution >= 0.6 is 0 Å². The molecule has 1 heteroatoms. The number of rotatable bonds is 2. The van der Waals surface area contributed by atoms with Gasteiger partial charge in [0.2, 0.25) is 0 Å². The predicted molar refractivity (Wildman–Crippen MR) is 67.0 cm³/mol. The van der Waals surface area contributed by atoms with Crippen molar-refractivity contribution in [3.05, 3.63) is 39.8 Å². The van der Waals surface area contributed by atoms with E-state index in [4.69, 9.17) is 0 Å². The van der Waals surface area contributed by atoms with Crippen LogP contribution in [0.5, 0.6) is 0 Å². The van der Waals surface area contributed by atoms with Gasteiger partial charge in [0.15, 0.2) is 0 Å². The monoisotopic (exact) mass is 212 g/mol. The third-order valence-corrected chi connectivity index (χ3v) is 3.58. The molecule has 1 N–H and O–H groups in total. The van der Waals surface area contributed by atoms with E-state index in [1.807, 2.05) is 13.8 Å². The third kappa shape index (κ3) is 1.52. The Morgan fingerprint density at radius 3 is 2.88 bits per heavy atom. The Morgan fingerprint density at radius 1 is 1.31 bits per heavy atom. The van der Waals surface area contributed by atoms with E-state index in [1.165, 1.54) is 33.6 Å². The molecule has 0 heterocycles. The molecule has 0 radical (unpaired) electrons. The van der Waals surface area contributed by atoms with Crippen molar-refractivity contribution in [1.29, 1.82) is 0 Å². The van der Waals surface area contributed by atoms with Crippen LogP contribution in [-0.4, -0.2) is 11.2 Å². The lowest BCUT2D eigenvalue weighted by Gasteiger charge is -2.08. The molecule has 16 heavy (non-hydrogen) atoms. The lowest BCUT2D eigenvalue weighted by Crippen LogP contribution is -2.16. The van der Waals surface area contributed by atoms with E-state index in [2.05, 4.69) is 30.4 Å². The number of aliphatic hydroxyl groups is 1. The molecule has 2 aliphatic rings. The number of hydrogen-bond donors (Lipinski definition) is 1. The van der Waals surface area contributed by atoms with Crippen molar-refractivity contribution < 1.29 is 5.11 Å². The van der Waals surface area contributed by atoms with Crippen molar-refractivity contribution >= 4 is 17.7 Å². The van der Waals surface area contributed by atoms with Crippen molar-refractivity contribution in [1.82, 2.24) is 0 Å². The lowest BCUT2D eigenvalue weighted by atomic mass is 10.0. The summed E-state index contributed by atoms with van der Waals surface area (Å²) >= 11 is 0. The highest BCUT2D eigenvalue weighted by Crippen LogP contribution is 2.41. The standard InChI is InChI=1S/C15H16O/c1-9(10(2)16)5-11-3-4-14-12(6-11)7-13-8-15(13)14/h3-7,9-10,16H,8H2,1-2H3/b11-5+. The van der Waals surface area contributed by atoms with Gasteiger partial charge in [0.25, 0.3) is 0 Å². The summed E-state index contributed by atoms with van der Waals surface area (Å²) in [5.41, 5.74) is 4.39. The topological polar surface area (TPSA) is 20.2 Å². The number of allylic oxidation sites excluding steroid dienone is 1. The molecule has 0 bridgehead atoms. The smallest absolute Gasteiger partial charge is 0.0572 e. The maximum atomic E-state index is 9.48. The molecule has 1 aromatic carbocycles. The molecule has 2 unspecified atom stereocenters. The molecule has 0 amide bonds. The molecule has 1 fully saturated rings. The first kappa shape index (κ1) is 9.86. The van der Waals surface area contributed by atoms with Crippen LogP contribution < -0.4 is 10.4 Å². The van der Waals surface area contributed by atoms with Gasteiger partial charge < -0.3 is 5.11 Å². The fourth-order valence-corrected chi connectivity index (χ4v) is 2.26. The van der Waals surface area contributed by atoms with Crippen molar-refractivity contribution in [3.63, 3.8) is 0 Å². The fourth-order valence-electron chi connectivity index (χ4n) is 2.26. The molecule has 3 rings (SSSR count). The molecule has 1 aromatic rings. The quantitative estimate of drug-likeness (QED) is 0.786. The summed E-state index contributed by atoms with van der Waals surface area (Å²) in [7, 11) is 0. The maximum absolute atomic E-state index is 9.48. The summed E-state index contributed by atoms with van der Waals surface area (Å²) in [6, 6.07) is 6.59. The van der Waals surface area contributed by atoms with Crippen molar-refractivity contribution in [2.24, 2.45) is 5.92 Å². The van der Waals surface area contributed by atoms with Gasteiger partial charge in [0.05, 0.1) is 6.10 Å². The van der Waals surface area contributed by atoms with E-state index in [-0.39, 0.29) is 12.0 Å². The van der Waals surface area contributed by atoms with E-state index in [0.717, 1.165) is 0 Å². The molecule has 1 nitrogen and oxygen atoms in total. The first-order chi connectivity index (χ1) is 7.65. The van der Waals surface area contributed by atoms with E-state index >= 15 is 0 Å². The van der Waals surface area contributed by atoms with Crippen molar-refractivity contribution in [3.8, 4) is 0 Å². The van der Waals surface area contributed by atoms with Gasteiger partial charge in [-0.2, -0.15) is 0 Å². The average molecular weight is 212 g/mol. The Kier molecular flexibility index (Phi) is 2.05. The molecule has 82 valence electrons. The van der Waals surface area contributed by atoms with E-state index in [9.17, 15) is 5.11 Å². The molecule has 2 atom stereocenters. The maximum Gasteiger partial charge on any atom is 0.0572 e. The van der Waals surface area contributed by atoms with E-state index < -0.39 is 0 Å². The van der Waals surface area contributed by atoms with Gasteiger partial charge in [-0.15, -0.1) is 0 Å². The fraction of sp³-hybridized carbons (Fsp3) is 0.333. The predicted octanol–water partition coefficient (Wildman–Crippen LogP) is 1.44. The highest BCUT2D eigenvalue weighted by molar-refractivity contribution is 5.95. The van der Waals surface area contributed by atoms with Gasteiger partial charge in [-0.3, -0.25) is 0 Å². The Labute approximate surface area is 95.4 Å².